The van der Waals surface area contributed by atoms with E-state index < -0.39 is 0 Å². The Morgan fingerprint density at radius 3 is 2.71 bits per heavy atom. The predicted molar refractivity (Wildman–Crippen MR) is 81.6 cm³/mol. The first kappa shape index (κ1) is 15.1. The van der Waals surface area contributed by atoms with Gasteiger partial charge in [0.05, 0.1) is 18.2 Å². The Labute approximate surface area is 131 Å². The lowest BCUT2D eigenvalue weighted by Crippen LogP contribution is -1.99. The molecule has 0 aliphatic rings. The van der Waals surface area contributed by atoms with E-state index in [-0.39, 0.29) is 6.61 Å². The summed E-state index contributed by atoms with van der Waals surface area (Å²) in [7, 11) is 1.51. The van der Waals surface area contributed by atoms with Gasteiger partial charge >= 0.3 is 0 Å². The van der Waals surface area contributed by atoms with Gasteiger partial charge in [-0.3, -0.25) is 4.79 Å². The van der Waals surface area contributed by atoms with Crippen molar-refractivity contribution in [3.8, 4) is 17.6 Å². The largest absolute Gasteiger partial charge is 0.495 e. The fraction of sp³-hybridized carbons (Fsp3) is 0.125. The molecule has 0 radical (unpaired) electrons. The predicted octanol–water partition coefficient (Wildman–Crippen LogP) is 3.72. The SMILES string of the molecule is COc1cc(COc2ccc(Br)cc2C=O)ccc1C#N. The van der Waals surface area contributed by atoms with Gasteiger partial charge in [0.25, 0.3) is 0 Å². The zero-order valence-corrected chi connectivity index (χ0v) is 12.9. The summed E-state index contributed by atoms with van der Waals surface area (Å²) in [5.41, 5.74) is 1.80. The van der Waals surface area contributed by atoms with Crippen LogP contribution in [-0.2, 0) is 6.61 Å². The molecule has 21 heavy (non-hydrogen) atoms. The van der Waals surface area contributed by atoms with Crippen molar-refractivity contribution in [1.82, 2.24) is 0 Å². The van der Waals surface area contributed by atoms with Crippen molar-refractivity contribution in [2.45, 2.75) is 6.61 Å². The van der Waals surface area contributed by atoms with Crippen molar-refractivity contribution in [3.63, 3.8) is 0 Å². The Kier molecular flexibility index (Phi) is 4.96. The number of aldehydes is 1. The Morgan fingerprint density at radius 2 is 2.05 bits per heavy atom. The fourth-order valence-corrected chi connectivity index (χ4v) is 2.20. The van der Waals surface area contributed by atoms with Crippen LogP contribution < -0.4 is 9.47 Å². The van der Waals surface area contributed by atoms with Gasteiger partial charge in [-0.1, -0.05) is 22.0 Å². The van der Waals surface area contributed by atoms with Crippen LogP contribution in [0.15, 0.2) is 40.9 Å². The summed E-state index contributed by atoms with van der Waals surface area (Å²) in [6.45, 7) is 0.282. The summed E-state index contributed by atoms with van der Waals surface area (Å²) in [6.07, 6.45) is 0.749. The quantitative estimate of drug-likeness (QED) is 0.775. The van der Waals surface area contributed by atoms with Gasteiger partial charge in [-0.2, -0.15) is 5.26 Å². The molecule has 0 heterocycles. The van der Waals surface area contributed by atoms with Crippen LogP contribution in [0.1, 0.15) is 21.5 Å². The summed E-state index contributed by atoms with van der Waals surface area (Å²) >= 11 is 3.31. The van der Waals surface area contributed by atoms with Crippen molar-refractivity contribution in [3.05, 3.63) is 57.6 Å². The fourth-order valence-electron chi connectivity index (χ4n) is 1.82. The molecule has 2 rings (SSSR count). The van der Waals surface area contributed by atoms with E-state index >= 15 is 0 Å². The van der Waals surface area contributed by atoms with Crippen molar-refractivity contribution >= 4 is 22.2 Å². The van der Waals surface area contributed by atoms with E-state index in [1.807, 2.05) is 6.07 Å². The van der Waals surface area contributed by atoms with Gasteiger partial charge in [0, 0.05) is 4.47 Å². The Morgan fingerprint density at radius 1 is 1.24 bits per heavy atom. The van der Waals surface area contributed by atoms with Crippen LogP contribution in [-0.4, -0.2) is 13.4 Å². The highest BCUT2D eigenvalue weighted by molar-refractivity contribution is 9.10. The third-order valence-corrected chi connectivity index (χ3v) is 3.37. The van der Waals surface area contributed by atoms with Crippen LogP contribution in [0, 0.1) is 11.3 Å². The summed E-state index contributed by atoms with van der Waals surface area (Å²) in [4.78, 5) is 11.0. The van der Waals surface area contributed by atoms with Crippen LogP contribution in [0.3, 0.4) is 0 Å². The first-order valence-corrected chi connectivity index (χ1v) is 6.91. The number of carbonyl (C=O) groups excluding carboxylic acids is 1. The van der Waals surface area contributed by atoms with Gasteiger partial charge in [-0.25, -0.2) is 0 Å². The molecular formula is C16H12BrNO3. The molecule has 0 N–H and O–H groups in total. The van der Waals surface area contributed by atoms with Gasteiger partial charge in [0.15, 0.2) is 6.29 Å². The molecule has 5 heteroatoms. The molecule has 0 atom stereocenters. The summed E-state index contributed by atoms with van der Waals surface area (Å²) in [6, 6.07) is 12.5. The molecule has 2 aromatic rings. The number of methoxy groups -OCH3 is 1. The Balaban J connectivity index is 2.17. The van der Waals surface area contributed by atoms with Crippen LogP contribution >= 0.6 is 15.9 Å². The van der Waals surface area contributed by atoms with E-state index in [9.17, 15) is 4.79 Å². The molecule has 0 saturated heterocycles. The average molecular weight is 346 g/mol. The second-order valence-corrected chi connectivity index (χ2v) is 5.15. The van der Waals surface area contributed by atoms with Gasteiger partial charge in [0.2, 0.25) is 0 Å². The number of halogens is 1. The van der Waals surface area contributed by atoms with Crippen LogP contribution in [0.2, 0.25) is 0 Å². The molecule has 0 saturated carbocycles. The van der Waals surface area contributed by atoms with Crippen LogP contribution in [0.25, 0.3) is 0 Å². The molecule has 0 amide bonds. The smallest absolute Gasteiger partial charge is 0.153 e. The monoisotopic (exact) mass is 345 g/mol. The number of rotatable bonds is 5. The van der Waals surface area contributed by atoms with Crippen LogP contribution in [0.4, 0.5) is 0 Å². The second kappa shape index (κ2) is 6.91. The van der Waals surface area contributed by atoms with E-state index in [4.69, 9.17) is 14.7 Å². The number of carbonyl (C=O) groups is 1. The third kappa shape index (κ3) is 3.61. The topological polar surface area (TPSA) is 59.3 Å². The van der Waals surface area contributed by atoms with Gasteiger partial charge < -0.3 is 9.47 Å². The van der Waals surface area contributed by atoms with Crippen molar-refractivity contribution in [2.75, 3.05) is 7.11 Å². The first-order chi connectivity index (χ1) is 10.2. The number of ether oxygens (including phenoxy) is 2. The minimum absolute atomic E-state index is 0.282. The maximum atomic E-state index is 11.0. The highest BCUT2D eigenvalue weighted by Gasteiger charge is 2.07. The van der Waals surface area contributed by atoms with Gasteiger partial charge in [0.1, 0.15) is 24.2 Å². The van der Waals surface area contributed by atoms with Crippen molar-refractivity contribution in [2.24, 2.45) is 0 Å². The molecule has 0 aliphatic heterocycles. The minimum Gasteiger partial charge on any atom is -0.495 e. The molecule has 4 nitrogen and oxygen atoms in total. The Hall–Kier alpha value is -2.32. The number of nitriles is 1. The van der Waals surface area contributed by atoms with E-state index in [0.29, 0.717) is 22.6 Å². The molecule has 0 spiro atoms. The number of hydrogen-bond donors (Lipinski definition) is 0. The molecular weight excluding hydrogens is 334 g/mol. The molecule has 0 aliphatic carbocycles. The van der Waals surface area contributed by atoms with Crippen LogP contribution in [0.5, 0.6) is 11.5 Å². The van der Waals surface area contributed by atoms with E-state index in [0.717, 1.165) is 16.3 Å². The number of benzene rings is 2. The number of hydrogen-bond acceptors (Lipinski definition) is 4. The van der Waals surface area contributed by atoms with Crippen molar-refractivity contribution in [1.29, 1.82) is 5.26 Å². The van der Waals surface area contributed by atoms with Gasteiger partial charge in [-0.05, 0) is 35.9 Å². The Bertz CT molecular complexity index is 707. The molecule has 106 valence electrons. The minimum atomic E-state index is 0.282. The molecule has 0 unspecified atom stereocenters. The second-order valence-electron chi connectivity index (χ2n) is 4.24. The maximum Gasteiger partial charge on any atom is 0.153 e. The molecule has 2 aromatic carbocycles. The normalized spacial score (nSPS) is 9.76. The van der Waals surface area contributed by atoms with E-state index in [1.165, 1.54) is 7.11 Å². The highest BCUT2D eigenvalue weighted by Crippen LogP contribution is 2.24. The standard InChI is InChI=1S/C16H12BrNO3/c1-20-16-6-11(2-3-12(16)8-18)10-21-15-5-4-14(17)7-13(15)9-19/h2-7,9H,10H2,1H3. The highest BCUT2D eigenvalue weighted by atomic mass is 79.9. The summed E-state index contributed by atoms with van der Waals surface area (Å²) in [5.74, 6) is 1.02. The molecule has 0 bridgehead atoms. The lowest BCUT2D eigenvalue weighted by Gasteiger charge is -2.10. The van der Waals surface area contributed by atoms with E-state index in [2.05, 4.69) is 22.0 Å². The third-order valence-electron chi connectivity index (χ3n) is 2.88. The summed E-state index contributed by atoms with van der Waals surface area (Å²) < 4.78 is 11.6. The average Bonchev–Trinajstić information content (AvgIpc) is 2.53. The summed E-state index contributed by atoms with van der Waals surface area (Å²) in [5, 5.41) is 8.94. The lowest BCUT2D eigenvalue weighted by molar-refractivity contribution is 0.111. The maximum absolute atomic E-state index is 11.0. The molecule has 0 aromatic heterocycles. The molecule has 0 fully saturated rings. The van der Waals surface area contributed by atoms with E-state index in [1.54, 1.807) is 30.3 Å². The lowest BCUT2D eigenvalue weighted by atomic mass is 10.1. The zero-order chi connectivity index (χ0) is 15.2. The first-order valence-electron chi connectivity index (χ1n) is 6.12. The number of nitrogens with zero attached hydrogens (tertiary/aromatic N) is 1. The van der Waals surface area contributed by atoms with Crippen molar-refractivity contribution < 1.29 is 14.3 Å². The zero-order valence-electron chi connectivity index (χ0n) is 11.3. The van der Waals surface area contributed by atoms with Gasteiger partial charge in [-0.15, -0.1) is 0 Å².